The minimum atomic E-state index is -0.155. The van der Waals surface area contributed by atoms with Gasteiger partial charge in [-0.15, -0.1) is 0 Å². The summed E-state index contributed by atoms with van der Waals surface area (Å²) in [5.41, 5.74) is 1.46. The number of rotatable bonds is 9. The highest BCUT2D eigenvalue weighted by Crippen LogP contribution is 2.15. The van der Waals surface area contributed by atoms with Gasteiger partial charge in [-0.25, -0.2) is 0 Å². The van der Waals surface area contributed by atoms with Crippen LogP contribution >= 0.6 is 11.6 Å². The SMILES string of the molecule is O=C(CCC(=O)c1ccc(Cl)cc1)NCCCc1nc(-c2ccccc2)no1. The van der Waals surface area contributed by atoms with E-state index in [1.54, 1.807) is 24.3 Å². The first-order valence-corrected chi connectivity index (χ1v) is 9.43. The first-order valence-electron chi connectivity index (χ1n) is 9.05. The lowest BCUT2D eigenvalue weighted by atomic mass is 10.1. The number of ketones is 1. The Kier molecular flexibility index (Phi) is 6.92. The molecule has 0 unspecified atom stereocenters. The van der Waals surface area contributed by atoms with Gasteiger partial charge in [0, 0.05) is 42.0 Å². The molecule has 1 heterocycles. The Labute approximate surface area is 167 Å². The fourth-order valence-corrected chi connectivity index (χ4v) is 2.75. The highest BCUT2D eigenvalue weighted by atomic mass is 35.5. The Balaban J connectivity index is 1.35. The van der Waals surface area contributed by atoms with Crippen LogP contribution in [-0.4, -0.2) is 28.4 Å². The molecule has 1 N–H and O–H groups in total. The number of aryl methyl sites for hydroxylation is 1. The largest absolute Gasteiger partial charge is 0.356 e. The number of amides is 1. The predicted molar refractivity (Wildman–Crippen MR) is 106 cm³/mol. The molecule has 6 nitrogen and oxygen atoms in total. The number of nitrogens with one attached hydrogen (secondary N) is 1. The van der Waals surface area contributed by atoms with Crippen LogP contribution in [0.15, 0.2) is 59.1 Å². The molecule has 0 aliphatic carbocycles. The zero-order valence-electron chi connectivity index (χ0n) is 15.2. The number of halogens is 1. The van der Waals surface area contributed by atoms with Crippen molar-refractivity contribution in [2.75, 3.05) is 6.54 Å². The van der Waals surface area contributed by atoms with E-state index in [0.717, 1.165) is 5.56 Å². The molecule has 3 rings (SSSR count). The molecule has 0 saturated heterocycles. The van der Waals surface area contributed by atoms with E-state index >= 15 is 0 Å². The minimum absolute atomic E-state index is 0.0777. The third-order valence-electron chi connectivity index (χ3n) is 4.13. The van der Waals surface area contributed by atoms with Crippen molar-refractivity contribution in [1.82, 2.24) is 15.5 Å². The van der Waals surface area contributed by atoms with Crippen LogP contribution in [0, 0.1) is 0 Å². The molecule has 2 aromatic carbocycles. The summed E-state index contributed by atoms with van der Waals surface area (Å²) >= 11 is 5.80. The van der Waals surface area contributed by atoms with Gasteiger partial charge in [-0.05, 0) is 30.7 Å². The van der Waals surface area contributed by atoms with Gasteiger partial charge in [-0.1, -0.05) is 47.1 Å². The first-order chi connectivity index (χ1) is 13.6. The van der Waals surface area contributed by atoms with E-state index in [1.165, 1.54) is 0 Å². The number of hydrogen-bond donors (Lipinski definition) is 1. The molecule has 3 aromatic rings. The molecule has 0 atom stereocenters. The van der Waals surface area contributed by atoms with Crippen LogP contribution in [0.5, 0.6) is 0 Å². The van der Waals surface area contributed by atoms with Crippen molar-refractivity contribution in [3.8, 4) is 11.4 Å². The van der Waals surface area contributed by atoms with Crippen LogP contribution < -0.4 is 5.32 Å². The summed E-state index contributed by atoms with van der Waals surface area (Å²) in [6.45, 7) is 0.483. The maximum Gasteiger partial charge on any atom is 0.227 e. The Hall–Kier alpha value is -2.99. The average molecular weight is 398 g/mol. The van der Waals surface area contributed by atoms with E-state index in [1.807, 2.05) is 30.3 Å². The van der Waals surface area contributed by atoms with Crippen LogP contribution in [0.2, 0.25) is 5.02 Å². The molecule has 0 aliphatic heterocycles. The highest BCUT2D eigenvalue weighted by molar-refractivity contribution is 6.30. The molecular formula is C21H20ClN3O3. The maximum absolute atomic E-state index is 12.0. The van der Waals surface area contributed by atoms with Crippen molar-refractivity contribution < 1.29 is 14.1 Å². The zero-order chi connectivity index (χ0) is 19.8. The van der Waals surface area contributed by atoms with Crippen molar-refractivity contribution in [3.63, 3.8) is 0 Å². The number of aromatic nitrogens is 2. The van der Waals surface area contributed by atoms with Crippen molar-refractivity contribution in [1.29, 1.82) is 0 Å². The van der Waals surface area contributed by atoms with Crippen LogP contribution in [0.4, 0.5) is 0 Å². The van der Waals surface area contributed by atoms with Gasteiger partial charge in [-0.3, -0.25) is 9.59 Å². The second-order valence-electron chi connectivity index (χ2n) is 6.26. The standard InChI is InChI=1S/C21H20ClN3O3/c22-17-10-8-15(9-11-17)18(26)12-13-19(27)23-14-4-7-20-24-21(25-28-20)16-5-2-1-3-6-16/h1-3,5-6,8-11H,4,7,12-14H2,(H,23,27). The third-order valence-corrected chi connectivity index (χ3v) is 4.39. The smallest absolute Gasteiger partial charge is 0.227 e. The Bertz CT molecular complexity index is 924. The van der Waals surface area contributed by atoms with Crippen LogP contribution in [-0.2, 0) is 11.2 Å². The van der Waals surface area contributed by atoms with Gasteiger partial charge in [0.05, 0.1) is 0 Å². The summed E-state index contributed by atoms with van der Waals surface area (Å²) in [6.07, 6.45) is 1.56. The Morgan fingerprint density at radius 3 is 2.50 bits per heavy atom. The number of carbonyl (C=O) groups excluding carboxylic acids is 2. The van der Waals surface area contributed by atoms with Crippen molar-refractivity contribution in [3.05, 3.63) is 71.1 Å². The molecule has 1 aromatic heterocycles. The van der Waals surface area contributed by atoms with Gasteiger partial charge in [0.25, 0.3) is 0 Å². The van der Waals surface area contributed by atoms with Gasteiger partial charge in [0.15, 0.2) is 5.78 Å². The van der Waals surface area contributed by atoms with E-state index < -0.39 is 0 Å². The van der Waals surface area contributed by atoms with E-state index in [-0.39, 0.29) is 24.5 Å². The van der Waals surface area contributed by atoms with E-state index in [0.29, 0.717) is 41.7 Å². The van der Waals surface area contributed by atoms with E-state index in [2.05, 4.69) is 15.5 Å². The molecular weight excluding hydrogens is 378 g/mol. The summed E-state index contributed by atoms with van der Waals surface area (Å²) in [4.78, 5) is 28.3. The summed E-state index contributed by atoms with van der Waals surface area (Å²) in [7, 11) is 0. The summed E-state index contributed by atoms with van der Waals surface area (Å²) in [6, 6.07) is 16.2. The monoisotopic (exact) mass is 397 g/mol. The maximum atomic E-state index is 12.0. The minimum Gasteiger partial charge on any atom is -0.356 e. The third kappa shape index (κ3) is 5.76. The van der Waals surface area contributed by atoms with Gasteiger partial charge in [-0.2, -0.15) is 4.98 Å². The molecule has 0 spiro atoms. The summed E-state index contributed by atoms with van der Waals surface area (Å²) in [5.74, 6) is 0.857. The van der Waals surface area contributed by atoms with Crippen LogP contribution in [0.1, 0.15) is 35.5 Å². The molecule has 144 valence electrons. The Morgan fingerprint density at radius 2 is 1.75 bits per heavy atom. The molecule has 0 aliphatic rings. The fraction of sp³-hybridized carbons (Fsp3) is 0.238. The molecule has 0 radical (unpaired) electrons. The lowest BCUT2D eigenvalue weighted by Gasteiger charge is -2.04. The molecule has 1 amide bonds. The molecule has 0 saturated carbocycles. The zero-order valence-corrected chi connectivity index (χ0v) is 16.0. The Morgan fingerprint density at radius 1 is 1.00 bits per heavy atom. The van der Waals surface area contributed by atoms with Crippen molar-refractivity contribution in [2.24, 2.45) is 0 Å². The molecule has 0 fully saturated rings. The van der Waals surface area contributed by atoms with Gasteiger partial charge in [0.2, 0.25) is 17.6 Å². The fourth-order valence-electron chi connectivity index (χ4n) is 2.62. The summed E-state index contributed by atoms with van der Waals surface area (Å²) in [5, 5.41) is 7.34. The van der Waals surface area contributed by atoms with Gasteiger partial charge < -0.3 is 9.84 Å². The number of nitrogens with zero attached hydrogens (tertiary/aromatic N) is 2. The quantitative estimate of drug-likeness (QED) is 0.434. The molecule has 7 heteroatoms. The average Bonchev–Trinajstić information content (AvgIpc) is 3.19. The highest BCUT2D eigenvalue weighted by Gasteiger charge is 2.10. The lowest BCUT2D eigenvalue weighted by molar-refractivity contribution is -0.121. The van der Waals surface area contributed by atoms with E-state index in [4.69, 9.17) is 16.1 Å². The van der Waals surface area contributed by atoms with E-state index in [9.17, 15) is 9.59 Å². The first kappa shape index (κ1) is 19.8. The van der Waals surface area contributed by atoms with Gasteiger partial charge in [0.1, 0.15) is 0 Å². The molecule has 28 heavy (non-hydrogen) atoms. The predicted octanol–water partition coefficient (Wildman–Crippen LogP) is 4.10. The lowest BCUT2D eigenvalue weighted by Crippen LogP contribution is -2.25. The number of carbonyl (C=O) groups is 2. The second-order valence-corrected chi connectivity index (χ2v) is 6.70. The molecule has 0 bridgehead atoms. The van der Waals surface area contributed by atoms with Crippen molar-refractivity contribution in [2.45, 2.75) is 25.7 Å². The number of benzene rings is 2. The topological polar surface area (TPSA) is 85.1 Å². The number of hydrogen-bond acceptors (Lipinski definition) is 5. The normalized spacial score (nSPS) is 10.6. The van der Waals surface area contributed by atoms with Crippen LogP contribution in [0.25, 0.3) is 11.4 Å². The number of Topliss-reactive ketones (excluding diaryl/α,β-unsaturated/α-hetero) is 1. The van der Waals surface area contributed by atoms with Crippen LogP contribution in [0.3, 0.4) is 0 Å². The second kappa shape index (κ2) is 9.80. The van der Waals surface area contributed by atoms with Gasteiger partial charge >= 0.3 is 0 Å². The van der Waals surface area contributed by atoms with Crippen molar-refractivity contribution >= 4 is 23.3 Å². The summed E-state index contributed by atoms with van der Waals surface area (Å²) < 4.78 is 5.23.